The van der Waals surface area contributed by atoms with Crippen LogP contribution in [0.2, 0.25) is 5.15 Å². The van der Waals surface area contributed by atoms with Crippen molar-refractivity contribution in [3.05, 3.63) is 47.9 Å². The minimum atomic E-state index is 0.180. The molecule has 0 bridgehead atoms. The van der Waals surface area contributed by atoms with Crippen molar-refractivity contribution in [1.82, 2.24) is 9.97 Å². The summed E-state index contributed by atoms with van der Waals surface area (Å²) in [5.74, 6) is 1.78. The van der Waals surface area contributed by atoms with E-state index < -0.39 is 0 Å². The molecule has 20 heavy (non-hydrogen) atoms. The third kappa shape index (κ3) is 3.20. The van der Waals surface area contributed by atoms with Gasteiger partial charge in [-0.25, -0.2) is 9.97 Å². The molecule has 5 heteroatoms. The molecule has 1 aliphatic rings. The maximum absolute atomic E-state index is 6.02. The van der Waals surface area contributed by atoms with Gasteiger partial charge in [-0.2, -0.15) is 0 Å². The smallest absolute Gasteiger partial charge is 0.134 e. The molecule has 4 nitrogen and oxygen atoms in total. The number of benzene rings is 1. The van der Waals surface area contributed by atoms with Gasteiger partial charge in [0.05, 0.1) is 6.54 Å². The Morgan fingerprint density at radius 3 is 2.85 bits per heavy atom. The molecule has 104 valence electrons. The first-order valence-corrected chi connectivity index (χ1v) is 7.13. The Bertz CT molecular complexity index is 564. The van der Waals surface area contributed by atoms with Crippen molar-refractivity contribution in [2.45, 2.75) is 18.9 Å². The highest BCUT2D eigenvalue weighted by atomic mass is 35.5. The minimum Gasteiger partial charge on any atom is -0.489 e. The van der Waals surface area contributed by atoms with E-state index in [1.807, 2.05) is 30.3 Å². The second-order valence-corrected chi connectivity index (χ2v) is 5.23. The highest BCUT2D eigenvalue weighted by Crippen LogP contribution is 2.22. The molecule has 2 heterocycles. The first-order chi connectivity index (χ1) is 9.81. The average Bonchev–Trinajstić information content (AvgIpc) is 2.49. The molecule has 1 unspecified atom stereocenters. The van der Waals surface area contributed by atoms with Gasteiger partial charge in [0.25, 0.3) is 0 Å². The van der Waals surface area contributed by atoms with E-state index in [4.69, 9.17) is 16.3 Å². The fourth-order valence-corrected chi connectivity index (χ4v) is 2.57. The predicted molar refractivity (Wildman–Crippen MR) is 79.3 cm³/mol. The van der Waals surface area contributed by atoms with E-state index in [2.05, 4.69) is 14.9 Å². The number of hydrogen-bond acceptors (Lipinski definition) is 4. The van der Waals surface area contributed by atoms with Crippen LogP contribution in [0.15, 0.2) is 42.7 Å². The van der Waals surface area contributed by atoms with E-state index in [9.17, 15) is 0 Å². The van der Waals surface area contributed by atoms with Gasteiger partial charge in [-0.05, 0) is 25.0 Å². The molecule has 3 rings (SSSR count). The van der Waals surface area contributed by atoms with Crippen molar-refractivity contribution < 1.29 is 4.74 Å². The van der Waals surface area contributed by atoms with Gasteiger partial charge in [-0.1, -0.05) is 29.8 Å². The maximum Gasteiger partial charge on any atom is 0.134 e. The molecule has 1 aliphatic heterocycles. The van der Waals surface area contributed by atoms with E-state index in [1.54, 1.807) is 6.07 Å². The van der Waals surface area contributed by atoms with Gasteiger partial charge in [-0.3, -0.25) is 0 Å². The van der Waals surface area contributed by atoms with Gasteiger partial charge >= 0.3 is 0 Å². The van der Waals surface area contributed by atoms with Crippen LogP contribution in [0.25, 0.3) is 0 Å². The zero-order valence-corrected chi connectivity index (χ0v) is 11.8. The van der Waals surface area contributed by atoms with Gasteiger partial charge in [0.1, 0.15) is 29.2 Å². The molecule has 0 N–H and O–H groups in total. The number of halogens is 1. The third-order valence-corrected chi connectivity index (χ3v) is 3.57. The Hall–Kier alpha value is -1.81. The van der Waals surface area contributed by atoms with Crippen molar-refractivity contribution in [3.8, 4) is 5.75 Å². The molecule has 0 saturated carbocycles. The SMILES string of the molecule is Clc1cc(N2CCCC(Oc3ccccc3)C2)ncn1. The number of hydrogen-bond donors (Lipinski definition) is 0. The Labute approximate surface area is 123 Å². The number of piperidine rings is 1. The first-order valence-electron chi connectivity index (χ1n) is 6.75. The number of para-hydroxylation sites is 1. The van der Waals surface area contributed by atoms with E-state index in [1.165, 1.54) is 6.33 Å². The average molecular weight is 290 g/mol. The lowest BCUT2D eigenvalue weighted by Crippen LogP contribution is -2.41. The summed E-state index contributed by atoms with van der Waals surface area (Å²) in [6.07, 6.45) is 3.82. The molecule has 0 amide bonds. The summed E-state index contributed by atoms with van der Waals surface area (Å²) in [6, 6.07) is 11.7. The summed E-state index contributed by atoms with van der Waals surface area (Å²) in [7, 11) is 0. The zero-order chi connectivity index (χ0) is 13.8. The second kappa shape index (κ2) is 6.09. The van der Waals surface area contributed by atoms with E-state index in [-0.39, 0.29) is 6.10 Å². The molecule has 1 aromatic heterocycles. The van der Waals surface area contributed by atoms with Crippen LogP contribution in [0.3, 0.4) is 0 Å². The fraction of sp³-hybridized carbons (Fsp3) is 0.333. The normalized spacial score (nSPS) is 18.9. The maximum atomic E-state index is 6.02. The molecule has 1 saturated heterocycles. The van der Waals surface area contributed by atoms with E-state index in [0.717, 1.165) is 37.5 Å². The van der Waals surface area contributed by atoms with Crippen molar-refractivity contribution in [2.24, 2.45) is 0 Å². The highest BCUT2D eigenvalue weighted by Gasteiger charge is 2.22. The summed E-state index contributed by atoms with van der Waals surface area (Å²) in [5.41, 5.74) is 0. The topological polar surface area (TPSA) is 38.2 Å². The molecule has 0 aliphatic carbocycles. The molecule has 2 aromatic rings. The van der Waals surface area contributed by atoms with Gasteiger partial charge in [-0.15, -0.1) is 0 Å². The van der Waals surface area contributed by atoms with E-state index in [0.29, 0.717) is 5.15 Å². The lowest BCUT2D eigenvalue weighted by molar-refractivity contribution is 0.179. The van der Waals surface area contributed by atoms with Gasteiger partial charge in [0.2, 0.25) is 0 Å². The van der Waals surface area contributed by atoms with Crippen LogP contribution in [0.5, 0.6) is 5.75 Å². The summed E-state index contributed by atoms with van der Waals surface area (Å²) < 4.78 is 6.02. The fourth-order valence-electron chi connectivity index (χ4n) is 2.43. The highest BCUT2D eigenvalue weighted by molar-refractivity contribution is 6.29. The number of nitrogens with zero attached hydrogens (tertiary/aromatic N) is 3. The number of aromatic nitrogens is 2. The quantitative estimate of drug-likeness (QED) is 0.814. The molecular weight excluding hydrogens is 274 g/mol. The van der Waals surface area contributed by atoms with Crippen molar-refractivity contribution in [3.63, 3.8) is 0 Å². The first kappa shape index (κ1) is 13.2. The Balaban J connectivity index is 1.67. The van der Waals surface area contributed by atoms with Crippen LogP contribution >= 0.6 is 11.6 Å². The van der Waals surface area contributed by atoms with Crippen LogP contribution in [0.1, 0.15) is 12.8 Å². The number of anilines is 1. The van der Waals surface area contributed by atoms with Crippen LogP contribution < -0.4 is 9.64 Å². The standard InChI is InChI=1S/C15H16ClN3O/c16-14-9-15(18-11-17-14)19-8-4-7-13(10-19)20-12-5-2-1-3-6-12/h1-3,5-6,9,11,13H,4,7-8,10H2. The second-order valence-electron chi connectivity index (χ2n) is 4.84. The van der Waals surface area contributed by atoms with E-state index >= 15 is 0 Å². The van der Waals surface area contributed by atoms with Crippen LogP contribution in [0, 0.1) is 0 Å². The van der Waals surface area contributed by atoms with Crippen molar-refractivity contribution >= 4 is 17.4 Å². The molecule has 1 fully saturated rings. The molecular formula is C15H16ClN3O. The van der Waals surface area contributed by atoms with Crippen LogP contribution in [-0.2, 0) is 0 Å². The Morgan fingerprint density at radius 2 is 2.05 bits per heavy atom. The summed E-state index contributed by atoms with van der Waals surface area (Å²) in [5, 5.41) is 0.473. The summed E-state index contributed by atoms with van der Waals surface area (Å²) >= 11 is 5.92. The predicted octanol–water partition coefficient (Wildman–Crippen LogP) is 3.18. The molecule has 1 aromatic carbocycles. The lowest BCUT2D eigenvalue weighted by Gasteiger charge is -2.33. The van der Waals surface area contributed by atoms with Gasteiger partial charge in [0, 0.05) is 12.6 Å². The third-order valence-electron chi connectivity index (χ3n) is 3.37. The number of ether oxygens (including phenoxy) is 1. The summed E-state index contributed by atoms with van der Waals surface area (Å²) in [4.78, 5) is 10.4. The minimum absolute atomic E-state index is 0.180. The monoisotopic (exact) mass is 289 g/mol. The van der Waals surface area contributed by atoms with Crippen LogP contribution in [-0.4, -0.2) is 29.2 Å². The van der Waals surface area contributed by atoms with Gasteiger partial charge < -0.3 is 9.64 Å². The molecule has 0 radical (unpaired) electrons. The Morgan fingerprint density at radius 1 is 1.20 bits per heavy atom. The van der Waals surface area contributed by atoms with Crippen molar-refractivity contribution in [1.29, 1.82) is 0 Å². The largest absolute Gasteiger partial charge is 0.489 e. The zero-order valence-electron chi connectivity index (χ0n) is 11.1. The molecule has 1 atom stereocenters. The Kier molecular flexibility index (Phi) is 4.02. The van der Waals surface area contributed by atoms with Gasteiger partial charge in [0.15, 0.2) is 0 Å². The number of rotatable bonds is 3. The lowest BCUT2D eigenvalue weighted by atomic mass is 10.1. The molecule has 0 spiro atoms. The summed E-state index contributed by atoms with van der Waals surface area (Å²) in [6.45, 7) is 1.80. The van der Waals surface area contributed by atoms with Crippen molar-refractivity contribution in [2.75, 3.05) is 18.0 Å². The van der Waals surface area contributed by atoms with Crippen LogP contribution in [0.4, 0.5) is 5.82 Å².